The summed E-state index contributed by atoms with van der Waals surface area (Å²) in [5, 5.41) is 6.36. The van der Waals surface area contributed by atoms with Gasteiger partial charge in [-0.15, -0.1) is 0 Å². The number of anilines is 2. The van der Waals surface area contributed by atoms with Crippen molar-refractivity contribution in [2.75, 3.05) is 17.7 Å². The molecule has 0 fully saturated rings. The van der Waals surface area contributed by atoms with Gasteiger partial charge in [0.15, 0.2) is 0 Å². The molecular formula is C14H14ClN3O. The van der Waals surface area contributed by atoms with E-state index in [1.54, 1.807) is 37.5 Å². The number of hydrogen-bond donors (Lipinski definition) is 2. The molecule has 0 aliphatic rings. The smallest absolute Gasteiger partial charge is 0.255 e. The van der Waals surface area contributed by atoms with Crippen molar-refractivity contribution in [3.05, 3.63) is 52.7 Å². The van der Waals surface area contributed by atoms with Crippen LogP contribution in [-0.4, -0.2) is 17.9 Å². The van der Waals surface area contributed by atoms with Crippen LogP contribution in [0.2, 0.25) is 5.02 Å². The molecule has 0 atom stereocenters. The fourth-order valence-corrected chi connectivity index (χ4v) is 1.82. The monoisotopic (exact) mass is 275 g/mol. The van der Waals surface area contributed by atoms with Crippen molar-refractivity contribution in [1.82, 2.24) is 4.98 Å². The maximum Gasteiger partial charge on any atom is 0.255 e. The summed E-state index contributed by atoms with van der Waals surface area (Å²) in [6.45, 7) is 1.86. The predicted octanol–water partition coefficient (Wildman–Crippen LogP) is 3.34. The average molecular weight is 276 g/mol. The molecule has 19 heavy (non-hydrogen) atoms. The first-order valence-electron chi connectivity index (χ1n) is 5.82. The lowest BCUT2D eigenvalue weighted by Crippen LogP contribution is -2.13. The molecule has 0 saturated carbocycles. The van der Waals surface area contributed by atoms with Crippen molar-refractivity contribution in [2.24, 2.45) is 0 Å². The highest BCUT2D eigenvalue weighted by Gasteiger charge is 2.09. The Morgan fingerprint density at radius 2 is 2.11 bits per heavy atom. The van der Waals surface area contributed by atoms with Gasteiger partial charge in [-0.1, -0.05) is 17.7 Å². The number of pyridine rings is 1. The number of carbonyl (C=O) groups is 1. The van der Waals surface area contributed by atoms with E-state index in [9.17, 15) is 4.79 Å². The third kappa shape index (κ3) is 3.03. The largest absolute Gasteiger partial charge is 0.373 e. The number of hydrogen-bond acceptors (Lipinski definition) is 3. The van der Waals surface area contributed by atoms with E-state index in [2.05, 4.69) is 15.6 Å². The SMILES string of the molecule is CNc1cc(C(=O)Nc2cccc(Cl)c2C)ccn1. The van der Waals surface area contributed by atoms with Crippen LogP contribution < -0.4 is 10.6 Å². The van der Waals surface area contributed by atoms with E-state index in [0.717, 1.165) is 5.56 Å². The molecule has 0 spiro atoms. The molecule has 1 amide bonds. The standard InChI is InChI=1S/C14H14ClN3O/c1-9-11(15)4-3-5-12(9)18-14(19)10-6-7-17-13(8-10)16-2/h3-8H,1-2H3,(H,16,17)(H,18,19). The summed E-state index contributed by atoms with van der Waals surface area (Å²) >= 11 is 6.02. The maximum absolute atomic E-state index is 12.1. The normalized spacial score (nSPS) is 10.1. The lowest BCUT2D eigenvalue weighted by molar-refractivity contribution is 0.102. The second-order valence-corrected chi connectivity index (χ2v) is 4.45. The molecule has 0 bridgehead atoms. The van der Waals surface area contributed by atoms with E-state index in [1.807, 2.05) is 13.0 Å². The van der Waals surface area contributed by atoms with E-state index in [4.69, 9.17) is 11.6 Å². The zero-order valence-corrected chi connectivity index (χ0v) is 11.5. The minimum atomic E-state index is -0.190. The third-order valence-corrected chi connectivity index (χ3v) is 3.20. The van der Waals surface area contributed by atoms with Crippen LogP contribution in [0.4, 0.5) is 11.5 Å². The molecule has 1 heterocycles. The summed E-state index contributed by atoms with van der Waals surface area (Å²) in [7, 11) is 1.76. The van der Waals surface area contributed by atoms with Crippen LogP contribution in [0.3, 0.4) is 0 Å². The Morgan fingerprint density at radius 1 is 1.32 bits per heavy atom. The van der Waals surface area contributed by atoms with Crippen molar-refractivity contribution < 1.29 is 4.79 Å². The highest BCUT2D eigenvalue weighted by molar-refractivity contribution is 6.31. The number of halogens is 1. The van der Waals surface area contributed by atoms with Crippen LogP contribution in [0.15, 0.2) is 36.5 Å². The Labute approximate surface area is 116 Å². The fraction of sp³-hybridized carbons (Fsp3) is 0.143. The molecule has 0 aliphatic carbocycles. The zero-order valence-electron chi connectivity index (χ0n) is 10.7. The van der Waals surface area contributed by atoms with Gasteiger partial charge in [-0.05, 0) is 36.8 Å². The van der Waals surface area contributed by atoms with Gasteiger partial charge in [0.1, 0.15) is 5.82 Å². The molecule has 5 heteroatoms. The number of nitrogens with zero attached hydrogens (tertiary/aromatic N) is 1. The van der Waals surface area contributed by atoms with Gasteiger partial charge in [0.25, 0.3) is 5.91 Å². The van der Waals surface area contributed by atoms with Crippen molar-refractivity contribution >= 4 is 29.0 Å². The highest BCUT2D eigenvalue weighted by atomic mass is 35.5. The molecule has 1 aromatic heterocycles. The van der Waals surface area contributed by atoms with Gasteiger partial charge in [-0.25, -0.2) is 4.98 Å². The van der Waals surface area contributed by atoms with Crippen molar-refractivity contribution in [2.45, 2.75) is 6.92 Å². The van der Waals surface area contributed by atoms with Crippen LogP contribution in [0.1, 0.15) is 15.9 Å². The van der Waals surface area contributed by atoms with Gasteiger partial charge >= 0.3 is 0 Å². The number of benzene rings is 1. The van der Waals surface area contributed by atoms with Crippen LogP contribution in [0.25, 0.3) is 0 Å². The molecule has 2 rings (SSSR count). The number of carbonyl (C=O) groups excluding carboxylic acids is 1. The molecule has 2 aromatic rings. The first-order valence-corrected chi connectivity index (χ1v) is 6.20. The lowest BCUT2D eigenvalue weighted by atomic mass is 10.2. The summed E-state index contributed by atoms with van der Waals surface area (Å²) < 4.78 is 0. The van der Waals surface area contributed by atoms with Crippen molar-refractivity contribution in [3.63, 3.8) is 0 Å². The van der Waals surface area contributed by atoms with Crippen LogP contribution >= 0.6 is 11.6 Å². The van der Waals surface area contributed by atoms with E-state index in [1.165, 1.54) is 0 Å². The zero-order chi connectivity index (χ0) is 13.8. The third-order valence-electron chi connectivity index (χ3n) is 2.79. The Balaban J connectivity index is 2.23. The molecule has 0 unspecified atom stereocenters. The first kappa shape index (κ1) is 13.4. The minimum absolute atomic E-state index is 0.190. The second kappa shape index (κ2) is 5.71. The summed E-state index contributed by atoms with van der Waals surface area (Å²) in [6.07, 6.45) is 1.59. The van der Waals surface area contributed by atoms with Gasteiger partial charge in [0, 0.05) is 29.5 Å². The predicted molar refractivity (Wildman–Crippen MR) is 77.9 cm³/mol. The summed E-state index contributed by atoms with van der Waals surface area (Å²) in [4.78, 5) is 16.2. The number of rotatable bonds is 3. The number of aromatic nitrogens is 1. The summed E-state index contributed by atoms with van der Waals surface area (Å²) in [5.41, 5.74) is 2.10. The highest BCUT2D eigenvalue weighted by Crippen LogP contribution is 2.23. The van der Waals surface area contributed by atoms with Gasteiger partial charge in [-0.3, -0.25) is 4.79 Å². The van der Waals surface area contributed by atoms with Crippen molar-refractivity contribution in [3.8, 4) is 0 Å². The van der Waals surface area contributed by atoms with E-state index in [0.29, 0.717) is 22.1 Å². The molecule has 0 radical (unpaired) electrons. The number of amides is 1. The first-order chi connectivity index (χ1) is 9.11. The van der Waals surface area contributed by atoms with Crippen LogP contribution in [0.5, 0.6) is 0 Å². The maximum atomic E-state index is 12.1. The van der Waals surface area contributed by atoms with Gasteiger partial charge < -0.3 is 10.6 Å². The Kier molecular flexibility index (Phi) is 4.02. The van der Waals surface area contributed by atoms with E-state index < -0.39 is 0 Å². The fourth-order valence-electron chi connectivity index (χ4n) is 1.65. The second-order valence-electron chi connectivity index (χ2n) is 4.05. The lowest BCUT2D eigenvalue weighted by Gasteiger charge is -2.10. The summed E-state index contributed by atoms with van der Waals surface area (Å²) in [6, 6.07) is 8.76. The van der Waals surface area contributed by atoms with E-state index >= 15 is 0 Å². The Morgan fingerprint density at radius 3 is 2.84 bits per heavy atom. The topological polar surface area (TPSA) is 54.0 Å². The quantitative estimate of drug-likeness (QED) is 0.903. The summed E-state index contributed by atoms with van der Waals surface area (Å²) in [5.74, 6) is 0.458. The van der Waals surface area contributed by atoms with Gasteiger partial charge in [0.05, 0.1) is 0 Å². The molecule has 1 aromatic carbocycles. The van der Waals surface area contributed by atoms with Crippen LogP contribution in [0, 0.1) is 6.92 Å². The molecular weight excluding hydrogens is 262 g/mol. The number of nitrogens with one attached hydrogen (secondary N) is 2. The average Bonchev–Trinajstić information content (AvgIpc) is 2.44. The van der Waals surface area contributed by atoms with E-state index in [-0.39, 0.29) is 5.91 Å². The van der Waals surface area contributed by atoms with Crippen LogP contribution in [-0.2, 0) is 0 Å². The molecule has 0 saturated heterocycles. The molecule has 98 valence electrons. The molecule has 2 N–H and O–H groups in total. The Hall–Kier alpha value is -2.07. The Bertz CT molecular complexity index is 613. The minimum Gasteiger partial charge on any atom is -0.373 e. The van der Waals surface area contributed by atoms with Gasteiger partial charge in [0.2, 0.25) is 0 Å². The van der Waals surface area contributed by atoms with Crippen molar-refractivity contribution in [1.29, 1.82) is 0 Å². The van der Waals surface area contributed by atoms with Gasteiger partial charge in [-0.2, -0.15) is 0 Å². The molecule has 4 nitrogen and oxygen atoms in total. The molecule has 0 aliphatic heterocycles.